The maximum Gasteiger partial charge on any atom is 0.231 e. The van der Waals surface area contributed by atoms with Crippen molar-refractivity contribution in [3.8, 4) is 28.5 Å². The number of thiophene rings is 1. The molecule has 1 aliphatic rings. The van der Waals surface area contributed by atoms with Crippen molar-refractivity contribution >= 4 is 22.2 Å². The number of rotatable bonds is 6. The molecule has 0 saturated heterocycles. The average Bonchev–Trinajstić information content (AvgIpc) is 3.44. The fourth-order valence-corrected chi connectivity index (χ4v) is 4.21. The number of fused-ring (bicyclic) bond motifs is 2. The molecular formula is C23H20N2O3S. The largest absolute Gasteiger partial charge is 0.496 e. The van der Waals surface area contributed by atoms with Crippen molar-refractivity contribution in [2.24, 2.45) is 0 Å². The number of hydrogen-bond acceptors (Lipinski definition) is 6. The van der Waals surface area contributed by atoms with Crippen molar-refractivity contribution in [3.05, 3.63) is 70.4 Å². The van der Waals surface area contributed by atoms with Crippen molar-refractivity contribution in [2.75, 3.05) is 13.9 Å². The minimum Gasteiger partial charge on any atom is -0.496 e. The van der Waals surface area contributed by atoms with Gasteiger partial charge in [0.25, 0.3) is 0 Å². The van der Waals surface area contributed by atoms with Gasteiger partial charge in [0, 0.05) is 41.0 Å². The molecule has 2 aromatic carbocycles. The summed E-state index contributed by atoms with van der Waals surface area (Å²) in [4.78, 5) is 4.96. The highest BCUT2D eigenvalue weighted by Gasteiger charge is 2.17. The Hall–Kier alpha value is -3.09. The van der Waals surface area contributed by atoms with E-state index < -0.39 is 0 Å². The van der Waals surface area contributed by atoms with Crippen LogP contribution in [0.15, 0.2) is 59.3 Å². The zero-order valence-electron chi connectivity index (χ0n) is 16.0. The van der Waals surface area contributed by atoms with Gasteiger partial charge in [0.15, 0.2) is 11.5 Å². The third kappa shape index (κ3) is 3.52. The molecule has 0 unspecified atom stereocenters. The number of aromatic nitrogens is 1. The molecule has 0 amide bonds. The van der Waals surface area contributed by atoms with Gasteiger partial charge in [-0.15, -0.1) is 0 Å². The summed E-state index contributed by atoms with van der Waals surface area (Å²) >= 11 is 1.67. The monoisotopic (exact) mass is 404 g/mol. The summed E-state index contributed by atoms with van der Waals surface area (Å²) < 4.78 is 16.5. The maximum atomic E-state index is 5.54. The van der Waals surface area contributed by atoms with Crippen LogP contribution < -0.4 is 19.5 Å². The van der Waals surface area contributed by atoms with Gasteiger partial charge in [-0.1, -0.05) is 18.2 Å². The van der Waals surface area contributed by atoms with Crippen molar-refractivity contribution in [1.29, 1.82) is 0 Å². The van der Waals surface area contributed by atoms with E-state index in [0.29, 0.717) is 13.1 Å². The van der Waals surface area contributed by atoms with Crippen molar-refractivity contribution in [2.45, 2.75) is 13.1 Å². The number of nitrogens with zero attached hydrogens (tertiary/aromatic N) is 1. The van der Waals surface area contributed by atoms with Crippen LogP contribution in [-0.2, 0) is 13.1 Å². The topological polar surface area (TPSA) is 52.6 Å². The molecule has 1 N–H and O–H groups in total. The predicted molar refractivity (Wildman–Crippen MR) is 115 cm³/mol. The second kappa shape index (κ2) is 7.73. The molecule has 5 nitrogen and oxygen atoms in total. The lowest BCUT2D eigenvalue weighted by Gasteiger charge is -2.13. The van der Waals surface area contributed by atoms with E-state index in [1.807, 2.05) is 30.3 Å². The summed E-state index contributed by atoms with van der Waals surface area (Å²) in [5.74, 6) is 2.42. The number of nitrogens with one attached hydrogen (secondary N) is 1. The molecule has 0 radical (unpaired) electrons. The van der Waals surface area contributed by atoms with E-state index in [1.54, 1.807) is 18.4 Å². The molecule has 0 saturated carbocycles. The number of benzene rings is 2. The number of para-hydroxylation sites is 1. The fraction of sp³-hybridized carbons (Fsp3) is 0.174. The molecule has 2 aromatic heterocycles. The normalized spacial score (nSPS) is 12.4. The molecule has 4 aromatic rings. The predicted octanol–water partition coefficient (Wildman–Crippen LogP) is 4.99. The van der Waals surface area contributed by atoms with E-state index in [1.165, 1.54) is 0 Å². The van der Waals surface area contributed by atoms with E-state index >= 15 is 0 Å². The second-order valence-corrected chi connectivity index (χ2v) is 7.60. The van der Waals surface area contributed by atoms with E-state index in [2.05, 4.69) is 34.3 Å². The van der Waals surface area contributed by atoms with Gasteiger partial charge in [0.1, 0.15) is 5.75 Å². The van der Waals surface area contributed by atoms with Crippen molar-refractivity contribution in [1.82, 2.24) is 10.3 Å². The first-order valence-corrected chi connectivity index (χ1v) is 10.3. The standard InChI is InChI=1S/C23H20N2O3S/c1-26-20-5-3-2-4-15(20)11-24-12-18-8-17-9-21-22(28-14-27-21)10-19(17)25-23(18)16-6-7-29-13-16/h2-10,13,24H,11-12,14H2,1H3. The van der Waals surface area contributed by atoms with Gasteiger partial charge in [0.05, 0.1) is 18.3 Å². The molecule has 0 aliphatic carbocycles. The van der Waals surface area contributed by atoms with Crippen LogP contribution in [0.1, 0.15) is 11.1 Å². The lowest BCUT2D eigenvalue weighted by molar-refractivity contribution is 0.174. The first-order valence-electron chi connectivity index (χ1n) is 9.40. The Morgan fingerprint density at radius 1 is 1.03 bits per heavy atom. The van der Waals surface area contributed by atoms with Crippen molar-refractivity contribution in [3.63, 3.8) is 0 Å². The molecule has 1 aliphatic heterocycles. The molecular weight excluding hydrogens is 384 g/mol. The van der Waals surface area contributed by atoms with E-state index in [4.69, 9.17) is 19.2 Å². The summed E-state index contributed by atoms with van der Waals surface area (Å²) in [5, 5.41) is 8.79. The van der Waals surface area contributed by atoms with Crippen molar-refractivity contribution < 1.29 is 14.2 Å². The SMILES string of the molecule is COc1ccccc1CNCc1cc2cc3c(cc2nc1-c1ccsc1)OCO3. The Kier molecular flexibility index (Phi) is 4.79. The van der Waals surface area contributed by atoms with Gasteiger partial charge in [0.2, 0.25) is 6.79 Å². The summed E-state index contributed by atoms with van der Waals surface area (Å²) in [5.41, 5.74) is 5.30. The Bertz CT molecular complexity index is 1160. The summed E-state index contributed by atoms with van der Waals surface area (Å²) in [6.07, 6.45) is 0. The fourth-order valence-electron chi connectivity index (χ4n) is 3.57. The Morgan fingerprint density at radius 2 is 1.86 bits per heavy atom. The Labute approximate surface area is 172 Å². The molecule has 3 heterocycles. The first kappa shape index (κ1) is 18.0. The zero-order chi connectivity index (χ0) is 19.6. The molecule has 29 heavy (non-hydrogen) atoms. The molecule has 0 fully saturated rings. The third-order valence-corrected chi connectivity index (χ3v) is 5.69. The van der Waals surface area contributed by atoms with Crippen LogP contribution in [0.5, 0.6) is 17.2 Å². The number of ether oxygens (including phenoxy) is 3. The van der Waals surface area contributed by atoms with Crippen LogP contribution in [0.4, 0.5) is 0 Å². The van der Waals surface area contributed by atoms with Gasteiger partial charge < -0.3 is 19.5 Å². The molecule has 6 heteroatoms. The highest BCUT2D eigenvalue weighted by molar-refractivity contribution is 7.08. The third-order valence-electron chi connectivity index (χ3n) is 5.01. The smallest absolute Gasteiger partial charge is 0.231 e. The molecule has 0 spiro atoms. The van der Waals surface area contributed by atoms with Gasteiger partial charge in [-0.2, -0.15) is 11.3 Å². The van der Waals surface area contributed by atoms with E-state index in [-0.39, 0.29) is 6.79 Å². The maximum absolute atomic E-state index is 5.54. The lowest BCUT2D eigenvalue weighted by Crippen LogP contribution is -2.14. The highest BCUT2D eigenvalue weighted by atomic mass is 32.1. The first-order chi connectivity index (χ1) is 14.3. The van der Waals surface area contributed by atoms with Gasteiger partial charge in [-0.25, -0.2) is 4.98 Å². The molecule has 146 valence electrons. The highest BCUT2D eigenvalue weighted by Crippen LogP contribution is 2.37. The van der Waals surface area contributed by atoms with Crippen LogP contribution in [-0.4, -0.2) is 18.9 Å². The van der Waals surface area contributed by atoms with Crippen LogP contribution in [0.25, 0.3) is 22.2 Å². The van der Waals surface area contributed by atoms with Gasteiger partial charge in [-0.05, 0) is 35.2 Å². The van der Waals surface area contributed by atoms with Gasteiger partial charge >= 0.3 is 0 Å². The van der Waals surface area contributed by atoms with Crippen LogP contribution in [0.3, 0.4) is 0 Å². The number of hydrogen-bond donors (Lipinski definition) is 1. The molecule has 0 bridgehead atoms. The minimum absolute atomic E-state index is 0.260. The van der Waals surface area contributed by atoms with E-state index in [0.717, 1.165) is 50.5 Å². The summed E-state index contributed by atoms with van der Waals surface area (Å²) in [6, 6.07) is 16.3. The molecule has 5 rings (SSSR count). The summed E-state index contributed by atoms with van der Waals surface area (Å²) in [6.45, 7) is 1.67. The summed E-state index contributed by atoms with van der Waals surface area (Å²) in [7, 11) is 1.70. The zero-order valence-corrected chi connectivity index (χ0v) is 16.8. The van der Waals surface area contributed by atoms with Gasteiger partial charge in [-0.3, -0.25) is 0 Å². The Balaban J connectivity index is 1.48. The number of pyridine rings is 1. The van der Waals surface area contributed by atoms with Crippen LogP contribution >= 0.6 is 11.3 Å². The average molecular weight is 404 g/mol. The van der Waals surface area contributed by atoms with E-state index in [9.17, 15) is 0 Å². The van der Waals surface area contributed by atoms with Crippen LogP contribution in [0.2, 0.25) is 0 Å². The second-order valence-electron chi connectivity index (χ2n) is 6.82. The number of methoxy groups -OCH3 is 1. The van der Waals surface area contributed by atoms with Crippen LogP contribution in [0, 0.1) is 0 Å². The lowest BCUT2D eigenvalue weighted by atomic mass is 10.0. The minimum atomic E-state index is 0.260. The Morgan fingerprint density at radius 3 is 2.69 bits per heavy atom. The molecule has 0 atom stereocenters. The quantitative estimate of drug-likeness (QED) is 0.491.